The summed E-state index contributed by atoms with van der Waals surface area (Å²) >= 11 is 5.82. The van der Waals surface area contributed by atoms with Crippen LogP contribution in [0.5, 0.6) is 0 Å². The molecule has 2 aromatic carbocycles. The van der Waals surface area contributed by atoms with Crippen molar-refractivity contribution in [2.75, 3.05) is 11.9 Å². The van der Waals surface area contributed by atoms with Gasteiger partial charge >= 0.3 is 6.18 Å². The summed E-state index contributed by atoms with van der Waals surface area (Å²) in [5, 5.41) is 5.57. The molecule has 0 aliphatic rings. The van der Waals surface area contributed by atoms with Gasteiger partial charge in [-0.1, -0.05) is 23.7 Å². The monoisotopic (exact) mass is 435 g/mol. The number of aliphatic imine (C=N–C) groups is 1. The molecule has 1 amide bonds. The number of anilines is 1. The standard InChI is InChI=1S/C20H17ClF3N5O/c21-14-7-5-13(6-8-14)18(30)29-19(26-10-9-15-11-25-12-27-15)28-17-4-2-1-3-16(17)20(22,23)24/h1-8,11-12H,9-10H2,(H,25,27)(H2,26,28,29,30). The summed E-state index contributed by atoms with van der Waals surface area (Å²) in [6.45, 7) is 0.208. The Morgan fingerprint density at radius 3 is 2.53 bits per heavy atom. The maximum Gasteiger partial charge on any atom is 0.418 e. The Morgan fingerprint density at radius 1 is 1.13 bits per heavy atom. The predicted octanol–water partition coefficient (Wildman–Crippen LogP) is 4.52. The number of alkyl halides is 3. The lowest BCUT2D eigenvalue weighted by Crippen LogP contribution is -2.36. The molecule has 0 atom stereocenters. The molecule has 0 aliphatic heterocycles. The first-order chi connectivity index (χ1) is 14.3. The van der Waals surface area contributed by atoms with Crippen molar-refractivity contribution >= 4 is 29.2 Å². The van der Waals surface area contributed by atoms with Crippen LogP contribution in [-0.4, -0.2) is 28.4 Å². The molecule has 3 rings (SSSR count). The van der Waals surface area contributed by atoms with Crippen molar-refractivity contribution in [1.82, 2.24) is 15.3 Å². The lowest BCUT2D eigenvalue weighted by Gasteiger charge is -2.16. The first kappa shape index (κ1) is 21.4. The Bertz CT molecular complexity index is 1020. The van der Waals surface area contributed by atoms with Crippen molar-refractivity contribution in [1.29, 1.82) is 0 Å². The second-order valence-corrected chi connectivity index (χ2v) is 6.62. The van der Waals surface area contributed by atoms with Crippen molar-refractivity contribution < 1.29 is 18.0 Å². The molecule has 156 valence electrons. The van der Waals surface area contributed by atoms with E-state index in [-0.39, 0.29) is 23.8 Å². The summed E-state index contributed by atoms with van der Waals surface area (Å²) in [5.41, 5.74) is -0.00176. The van der Waals surface area contributed by atoms with Crippen molar-refractivity contribution in [2.45, 2.75) is 12.6 Å². The van der Waals surface area contributed by atoms with Crippen LogP contribution in [0, 0.1) is 0 Å². The molecular formula is C20H17ClF3N5O. The lowest BCUT2D eigenvalue weighted by molar-refractivity contribution is -0.136. The highest BCUT2D eigenvalue weighted by molar-refractivity contribution is 6.30. The summed E-state index contributed by atoms with van der Waals surface area (Å²) in [4.78, 5) is 23.6. The lowest BCUT2D eigenvalue weighted by atomic mass is 10.1. The van der Waals surface area contributed by atoms with Gasteiger partial charge in [-0.3, -0.25) is 15.1 Å². The van der Waals surface area contributed by atoms with Crippen LogP contribution in [0.25, 0.3) is 0 Å². The molecule has 0 aliphatic carbocycles. The zero-order chi connectivity index (χ0) is 21.6. The van der Waals surface area contributed by atoms with E-state index in [0.29, 0.717) is 11.4 Å². The molecule has 0 bridgehead atoms. The van der Waals surface area contributed by atoms with E-state index >= 15 is 0 Å². The molecule has 10 heteroatoms. The van der Waals surface area contributed by atoms with Crippen LogP contribution in [0.3, 0.4) is 0 Å². The highest BCUT2D eigenvalue weighted by atomic mass is 35.5. The average molecular weight is 436 g/mol. The van der Waals surface area contributed by atoms with Crippen LogP contribution in [0.2, 0.25) is 5.02 Å². The molecule has 0 saturated carbocycles. The van der Waals surface area contributed by atoms with Gasteiger partial charge in [-0.15, -0.1) is 0 Å². The summed E-state index contributed by atoms with van der Waals surface area (Å²) < 4.78 is 39.9. The van der Waals surface area contributed by atoms with Crippen molar-refractivity contribution in [3.05, 3.63) is 82.9 Å². The Morgan fingerprint density at radius 2 is 1.87 bits per heavy atom. The highest BCUT2D eigenvalue weighted by Gasteiger charge is 2.33. The topological polar surface area (TPSA) is 82.2 Å². The van der Waals surface area contributed by atoms with Gasteiger partial charge in [-0.25, -0.2) is 4.98 Å². The Kier molecular flexibility index (Phi) is 6.73. The minimum absolute atomic E-state index is 0.105. The third-order valence-electron chi connectivity index (χ3n) is 4.03. The number of carbonyl (C=O) groups excluding carboxylic acids is 1. The van der Waals surface area contributed by atoms with Crippen molar-refractivity contribution in [3.63, 3.8) is 0 Å². The van der Waals surface area contributed by atoms with E-state index in [0.717, 1.165) is 11.8 Å². The fourth-order valence-electron chi connectivity index (χ4n) is 2.57. The van der Waals surface area contributed by atoms with E-state index in [1.807, 2.05) is 0 Å². The zero-order valence-corrected chi connectivity index (χ0v) is 16.3. The first-order valence-corrected chi connectivity index (χ1v) is 9.22. The minimum atomic E-state index is -4.56. The van der Waals surface area contributed by atoms with E-state index in [1.165, 1.54) is 48.8 Å². The Hall–Kier alpha value is -3.33. The quantitative estimate of drug-likeness (QED) is 0.407. The summed E-state index contributed by atoms with van der Waals surface area (Å²) in [5.74, 6) is -0.643. The van der Waals surface area contributed by atoms with E-state index in [4.69, 9.17) is 11.6 Å². The number of hydrogen-bond acceptors (Lipinski definition) is 3. The number of guanidine groups is 1. The van der Waals surface area contributed by atoms with E-state index in [2.05, 4.69) is 25.6 Å². The number of hydrogen-bond donors (Lipinski definition) is 3. The van der Waals surface area contributed by atoms with E-state index in [1.54, 1.807) is 6.20 Å². The van der Waals surface area contributed by atoms with Crippen LogP contribution in [0.15, 0.2) is 66.0 Å². The third kappa shape index (κ3) is 5.84. The molecule has 3 N–H and O–H groups in total. The van der Waals surface area contributed by atoms with Gasteiger partial charge in [0.1, 0.15) is 0 Å². The number of nitrogens with one attached hydrogen (secondary N) is 3. The minimum Gasteiger partial charge on any atom is -0.348 e. The van der Waals surface area contributed by atoms with Gasteiger partial charge in [-0.2, -0.15) is 13.2 Å². The number of imidazole rings is 1. The van der Waals surface area contributed by atoms with Gasteiger partial charge in [0.2, 0.25) is 5.96 Å². The third-order valence-corrected chi connectivity index (χ3v) is 4.28. The first-order valence-electron chi connectivity index (χ1n) is 8.85. The Labute approximate surface area is 175 Å². The number of aromatic nitrogens is 2. The molecule has 0 spiro atoms. The second kappa shape index (κ2) is 9.45. The molecule has 6 nitrogen and oxygen atoms in total. The number of rotatable bonds is 5. The van der Waals surface area contributed by atoms with Gasteiger partial charge < -0.3 is 10.3 Å². The molecule has 3 aromatic rings. The molecule has 0 fully saturated rings. The summed E-state index contributed by atoms with van der Waals surface area (Å²) in [6.07, 6.45) is -0.971. The van der Waals surface area contributed by atoms with Gasteiger partial charge in [0.15, 0.2) is 0 Å². The number of H-pyrrole nitrogens is 1. The Balaban J connectivity index is 1.82. The molecule has 0 saturated heterocycles. The summed E-state index contributed by atoms with van der Waals surface area (Å²) in [7, 11) is 0. The maximum absolute atomic E-state index is 13.3. The maximum atomic E-state index is 13.3. The molecule has 1 aromatic heterocycles. The van der Waals surface area contributed by atoms with Crippen molar-refractivity contribution in [2.24, 2.45) is 4.99 Å². The van der Waals surface area contributed by atoms with Gasteiger partial charge in [-0.05, 0) is 36.4 Å². The molecular weight excluding hydrogens is 419 g/mol. The predicted molar refractivity (Wildman–Crippen MR) is 109 cm³/mol. The number of para-hydroxylation sites is 1. The van der Waals surface area contributed by atoms with Crippen LogP contribution >= 0.6 is 11.6 Å². The molecule has 0 radical (unpaired) electrons. The highest BCUT2D eigenvalue weighted by Crippen LogP contribution is 2.34. The number of halogens is 4. The fraction of sp³-hybridized carbons (Fsp3) is 0.150. The van der Waals surface area contributed by atoms with E-state index in [9.17, 15) is 18.0 Å². The van der Waals surface area contributed by atoms with Crippen LogP contribution < -0.4 is 10.6 Å². The second-order valence-electron chi connectivity index (χ2n) is 6.19. The van der Waals surface area contributed by atoms with Crippen LogP contribution in [-0.2, 0) is 12.6 Å². The van der Waals surface area contributed by atoms with Gasteiger partial charge in [0.25, 0.3) is 5.91 Å². The zero-order valence-electron chi connectivity index (χ0n) is 15.5. The summed E-state index contributed by atoms with van der Waals surface area (Å²) in [6, 6.07) is 11.0. The largest absolute Gasteiger partial charge is 0.418 e. The molecule has 1 heterocycles. The fourth-order valence-corrected chi connectivity index (χ4v) is 2.69. The van der Waals surface area contributed by atoms with Crippen molar-refractivity contribution in [3.8, 4) is 0 Å². The SMILES string of the molecule is O=C(NC(=NCCc1cnc[nH]1)Nc1ccccc1C(F)(F)F)c1ccc(Cl)cc1. The normalized spacial score (nSPS) is 11.9. The van der Waals surface area contributed by atoms with Gasteiger partial charge in [0, 0.05) is 35.4 Å². The number of amides is 1. The number of nitrogens with zero attached hydrogens (tertiary/aromatic N) is 2. The van der Waals surface area contributed by atoms with E-state index < -0.39 is 17.6 Å². The smallest absolute Gasteiger partial charge is 0.348 e. The average Bonchev–Trinajstić information content (AvgIpc) is 3.21. The number of aromatic amines is 1. The molecule has 30 heavy (non-hydrogen) atoms. The number of benzene rings is 2. The number of carbonyl (C=O) groups is 1. The van der Waals surface area contributed by atoms with Gasteiger partial charge in [0.05, 0.1) is 17.6 Å². The van der Waals surface area contributed by atoms with Crippen LogP contribution in [0.1, 0.15) is 21.6 Å². The van der Waals surface area contributed by atoms with Crippen LogP contribution in [0.4, 0.5) is 18.9 Å². The molecule has 0 unspecified atom stereocenters.